The van der Waals surface area contributed by atoms with Crippen LogP contribution in [0.1, 0.15) is 11.1 Å². The van der Waals surface area contributed by atoms with Crippen molar-refractivity contribution in [3.63, 3.8) is 0 Å². The van der Waals surface area contributed by atoms with Crippen molar-refractivity contribution in [1.82, 2.24) is 5.32 Å². The minimum atomic E-state index is -0.944. The standard InChI is InChI=1S/C31H24BrClN2O7/c1-39-25-15-24(26(40-2)14-23(25)33)35-30(37)21(29(36)34-31(35)38)11-17-12-22(32)28(27(13-17)41-3)42-16-19-9-6-8-18-7-4-5-10-20(18)19/h4-15H,16H2,1-3H3,(H,34,36,38)/b21-11+. The van der Waals surface area contributed by atoms with Gasteiger partial charge in [-0.1, -0.05) is 54.1 Å². The van der Waals surface area contributed by atoms with E-state index in [0.717, 1.165) is 21.2 Å². The minimum Gasteiger partial charge on any atom is -0.495 e. The van der Waals surface area contributed by atoms with Crippen molar-refractivity contribution in [3.8, 4) is 23.0 Å². The van der Waals surface area contributed by atoms with Crippen LogP contribution in [0.15, 0.2) is 76.8 Å². The normalized spacial score (nSPS) is 14.3. The van der Waals surface area contributed by atoms with E-state index in [0.29, 0.717) is 21.5 Å². The van der Waals surface area contributed by atoms with E-state index < -0.39 is 17.8 Å². The van der Waals surface area contributed by atoms with Crippen molar-refractivity contribution >= 4 is 67.9 Å². The van der Waals surface area contributed by atoms with Gasteiger partial charge in [-0.3, -0.25) is 14.9 Å². The van der Waals surface area contributed by atoms with Gasteiger partial charge in [0.2, 0.25) is 0 Å². The molecule has 4 aromatic carbocycles. The van der Waals surface area contributed by atoms with Crippen LogP contribution in [0.5, 0.6) is 23.0 Å². The highest BCUT2D eigenvalue weighted by molar-refractivity contribution is 9.10. The summed E-state index contributed by atoms with van der Waals surface area (Å²) < 4.78 is 22.9. The van der Waals surface area contributed by atoms with Crippen molar-refractivity contribution < 1.29 is 33.3 Å². The molecule has 214 valence electrons. The molecular weight excluding hydrogens is 628 g/mol. The van der Waals surface area contributed by atoms with Crippen molar-refractivity contribution in [2.45, 2.75) is 6.61 Å². The molecule has 1 N–H and O–H groups in total. The van der Waals surface area contributed by atoms with E-state index in [-0.39, 0.29) is 34.4 Å². The quantitative estimate of drug-likeness (QED) is 0.171. The number of methoxy groups -OCH3 is 3. The average Bonchev–Trinajstić information content (AvgIpc) is 2.98. The van der Waals surface area contributed by atoms with Crippen LogP contribution in [0, 0.1) is 0 Å². The molecule has 0 unspecified atom stereocenters. The molecular formula is C31H24BrClN2O7. The van der Waals surface area contributed by atoms with Gasteiger partial charge in [-0.05, 0) is 56.0 Å². The summed E-state index contributed by atoms with van der Waals surface area (Å²) in [6, 6.07) is 19.2. The number of carbonyl (C=O) groups is 3. The molecule has 4 amide bonds. The van der Waals surface area contributed by atoms with E-state index in [4.69, 9.17) is 30.5 Å². The number of hydrogen-bond donors (Lipinski definition) is 1. The Labute approximate surface area is 254 Å². The number of anilines is 1. The SMILES string of the molecule is COc1cc(N2C(=O)NC(=O)/C(=C\c3cc(Br)c(OCc4cccc5ccccc45)c(OC)c3)C2=O)c(OC)cc1Cl. The molecule has 0 aliphatic carbocycles. The summed E-state index contributed by atoms with van der Waals surface area (Å²) in [5.74, 6) is -0.553. The van der Waals surface area contributed by atoms with E-state index in [1.807, 2.05) is 42.5 Å². The van der Waals surface area contributed by atoms with Crippen LogP contribution >= 0.6 is 27.5 Å². The first-order valence-electron chi connectivity index (χ1n) is 12.6. The number of urea groups is 1. The summed E-state index contributed by atoms with van der Waals surface area (Å²) in [7, 11) is 4.25. The van der Waals surface area contributed by atoms with Crippen LogP contribution in [-0.4, -0.2) is 39.2 Å². The number of nitrogens with zero attached hydrogens (tertiary/aromatic N) is 1. The predicted molar refractivity (Wildman–Crippen MR) is 163 cm³/mol. The summed E-state index contributed by atoms with van der Waals surface area (Å²) in [6.07, 6.45) is 1.36. The Morgan fingerprint density at radius 3 is 2.33 bits per heavy atom. The lowest BCUT2D eigenvalue weighted by atomic mass is 10.1. The van der Waals surface area contributed by atoms with Gasteiger partial charge in [0.15, 0.2) is 11.5 Å². The van der Waals surface area contributed by atoms with E-state index in [2.05, 4.69) is 21.2 Å². The topological polar surface area (TPSA) is 103 Å². The predicted octanol–water partition coefficient (Wildman–Crippen LogP) is 6.53. The second-order valence-corrected chi connectivity index (χ2v) is 10.3. The third kappa shape index (κ3) is 5.50. The van der Waals surface area contributed by atoms with E-state index in [9.17, 15) is 14.4 Å². The molecule has 0 spiro atoms. The second-order valence-electron chi connectivity index (χ2n) is 9.08. The van der Waals surface area contributed by atoms with Gasteiger partial charge in [0.1, 0.15) is 23.7 Å². The van der Waals surface area contributed by atoms with Gasteiger partial charge in [0, 0.05) is 12.1 Å². The van der Waals surface area contributed by atoms with Gasteiger partial charge in [0.05, 0.1) is 36.5 Å². The second kappa shape index (κ2) is 12.1. The highest BCUT2D eigenvalue weighted by atomic mass is 79.9. The molecule has 9 nitrogen and oxygen atoms in total. The fourth-order valence-electron chi connectivity index (χ4n) is 4.59. The molecule has 1 heterocycles. The first kappa shape index (κ1) is 29.0. The minimum absolute atomic E-state index is 0.0515. The van der Waals surface area contributed by atoms with Crippen LogP contribution in [0.3, 0.4) is 0 Å². The monoisotopic (exact) mass is 650 g/mol. The molecule has 4 aromatic rings. The summed E-state index contributed by atoms with van der Waals surface area (Å²) in [4.78, 5) is 40.0. The van der Waals surface area contributed by atoms with Crippen LogP contribution in [0.4, 0.5) is 10.5 Å². The maximum absolute atomic E-state index is 13.6. The van der Waals surface area contributed by atoms with Crippen LogP contribution in [0.2, 0.25) is 5.02 Å². The van der Waals surface area contributed by atoms with Crippen LogP contribution in [0.25, 0.3) is 16.8 Å². The Kier molecular flexibility index (Phi) is 8.37. The van der Waals surface area contributed by atoms with Crippen molar-refractivity contribution in [2.24, 2.45) is 0 Å². The third-order valence-corrected chi connectivity index (χ3v) is 7.50. The summed E-state index contributed by atoms with van der Waals surface area (Å²) in [6.45, 7) is 0.279. The van der Waals surface area contributed by atoms with E-state index in [1.54, 1.807) is 12.1 Å². The number of rotatable bonds is 8. The molecule has 1 saturated heterocycles. The molecule has 0 saturated carbocycles. The number of halogens is 2. The van der Waals surface area contributed by atoms with Crippen molar-refractivity contribution in [1.29, 1.82) is 0 Å². The average molecular weight is 652 g/mol. The highest BCUT2D eigenvalue weighted by Crippen LogP contribution is 2.41. The number of barbiturate groups is 1. The van der Waals surface area contributed by atoms with Gasteiger partial charge < -0.3 is 18.9 Å². The Bertz CT molecular complexity index is 1770. The maximum atomic E-state index is 13.6. The van der Waals surface area contributed by atoms with Gasteiger partial charge in [-0.25, -0.2) is 9.69 Å². The number of ether oxygens (including phenoxy) is 4. The Morgan fingerprint density at radius 1 is 0.881 bits per heavy atom. The zero-order chi connectivity index (χ0) is 30.0. The zero-order valence-electron chi connectivity index (χ0n) is 22.7. The molecule has 11 heteroatoms. The van der Waals surface area contributed by atoms with E-state index >= 15 is 0 Å². The highest BCUT2D eigenvalue weighted by Gasteiger charge is 2.38. The van der Waals surface area contributed by atoms with E-state index in [1.165, 1.54) is 39.5 Å². The molecule has 0 aromatic heterocycles. The number of amides is 4. The first-order valence-corrected chi connectivity index (χ1v) is 13.7. The molecule has 0 bridgehead atoms. The largest absolute Gasteiger partial charge is 0.495 e. The van der Waals surface area contributed by atoms with Gasteiger partial charge in [0.25, 0.3) is 11.8 Å². The van der Waals surface area contributed by atoms with Crippen molar-refractivity contribution in [2.75, 3.05) is 26.2 Å². The summed E-state index contributed by atoms with van der Waals surface area (Å²) >= 11 is 9.72. The number of imide groups is 2. The number of carbonyl (C=O) groups excluding carboxylic acids is 3. The number of hydrogen-bond acceptors (Lipinski definition) is 7. The summed E-state index contributed by atoms with van der Waals surface area (Å²) in [5.41, 5.74) is 1.21. The number of benzene rings is 4. The smallest absolute Gasteiger partial charge is 0.336 e. The lowest BCUT2D eigenvalue weighted by Crippen LogP contribution is -2.54. The van der Waals surface area contributed by atoms with Gasteiger partial charge in [-0.15, -0.1) is 0 Å². The van der Waals surface area contributed by atoms with Gasteiger partial charge in [-0.2, -0.15) is 0 Å². The third-order valence-electron chi connectivity index (χ3n) is 6.61. The van der Waals surface area contributed by atoms with Crippen LogP contribution < -0.4 is 29.2 Å². The number of fused-ring (bicyclic) bond motifs is 1. The lowest BCUT2D eigenvalue weighted by Gasteiger charge is -2.28. The Morgan fingerprint density at radius 2 is 1.60 bits per heavy atom. The fraction of sp³-hybridized carbons (Fsp3) is 0.129. The molecule has 1 fully saturated rings. The van der Waals surface area contributed by atoms with Crippen LogP contribution in [-0.2, 0) is 16.2 Å². The molecule has 0 atom stereocenters. The molecule has 0 radical (unpaired) electrons. The Hall–Kier alpha value is -4.54. The Balaban J connectivity index is 1.47. The first-order chi connectivity index (χ1) is 20.2. The molecule has 1 aliphatic rings. The lowest BCUT2D eigenvalue weighted by molar-refractivity contribution is -0.122. The number of nitrogens with one attached hydrogen (secondary N) is 1. The molecule has 42 heavy (non-hydrogen) atoms. The van der Waals surface area contributed by atoms with Gasteiger partial charge >= 0.3 is 6.03 Å². The molecule has 5 rings (SSSR count). The fourth-order valence-corrected chi connectivity index (χ4v) is 5.40. The van der Waals surface area contributed by atoms with Crippen molar-refractivity contribution in [3.05, 3.63) is 92.9 Å². The maximum Gasteiger partial charge on any atom is 0.336 e. The zero-order valence-corrected chi connectivity index (χ0v) is 25.0. The summed E-state index contributed by atoms with van der Waals surface area (Å²) in [5, 5.41) is 4.60. The molecule has 1 aliphatic heterocycles.